The largest absolute Gasteiger partial charge is 0.410 e. The van der Waals surface area contributed by atoms with Crippen LogP contribution in [0.15, 0.2) is 5.16 Å². The molecule has 0 fully saturated rings. The summed E-state index contributed by atoms with van der Waals surface area (Å²) >= 11 is 0. The van der Waals surface area contributed by atoms with E-state index in [4.69, 9.17) is 10.5 Å². The number of aliphatic hydroxyl groups excluding tert-OH is 1. The molecule has 80 valence electrons. The molecule has 4 nitrogen and oxygen atoms in total. The molecular weight excluding hydrogens is 180 g/mol. The Labute approximate surface area is 84.9 Å². The number of hydrogen-bond acceptors (Lipinski definition) is 4. The van der Waals surface area contributed by atoms with Crippen molar-refractivity contribution in [3.8, 4) is 6.07 Å². The van der Waals surface area contributed by atoms with Crippen molar-refractivity contribution in [2.45, 2.75) is 45.6 Å². The molecule has 0 aliphatic carbocycles. The van der Waals surface area contributed by atoms with Crippen molar-refractivity contribution in [3.63, 3.8) is 0 Å². The van der Waals surface area contributed by atoms with E-state index in [-0.39, 0.29) is 17.7 Å². The summed E-state index contributed by atoms with van der Waals surface area (Å²) in [6, 6.07) is 1.82. The summed E-state index contributed by atoms with van der Waals surface area (Å²) in [7, 11) is 0. The first-order chi connectivity index (χ1) is 6.63. The molecule has 2 atom stereocenters. The lowest BCUT2D eigenvalue weighted by molar-refractivity contribution is 0.152. The van der Waals surface area contributed by atoms with Gasteiger partial charge in [-0.25, -0.2) is 0 Å². The molecule has 0 saturated carbocycles. The molecule has 2 N–H and O–H groups in total. The van der Waals surface area contributed by atoms with E-state index in [1.54, 1.807) is 0 Å². The van der Waals surface area contributed by atoms with Gasteiger partial charge in [-0.2, -0.15) is 5.26 Å². The zero-order valence-electron chi connectivity index (χ0n) is 8.77. The van der Waals surface area contributed by atoms with E-state index in [1.165, 1.54) is 0 Å². The average Bonchev–Trinajstić information content (AvgIpc) is 2.22. The van der Waals surface area contributed by atoms with E-state index in [0.717, 1.165) is 19.3 Å². The maximum Gasteiger partial charge on any atom is 0.157 e. The van der Waals surface area contributed by atoms with Crippen molar-refractivity contribution in [2.24, 2.45) is 11.1 Å². The molecule has 0 amide bonds. The van der Waals surface area contributed by atoms with Crippen LogP contribution >= 0.6 is 0 Å². The van der Waals surface area contributed by atoms with Crippen LogP contribution in [0.5, 0.6) is 0 Å². The smallest absolute Gasteiger partial charge is 0.157 e. The minimum Gasteiger partial charge on any atom is -0.410 e. The van der Waals surface area contributed by atoms with Gasteiger partial charge in [0, 0.05) is 6.42 Å². The number of aliphatic hydroxyl groups is 1. The third-order valence-electron chi connectivity index (χ3n) is 2.26. The highest BCUT2D eigenvalue weighted by Crippen LogP contribution is 2.13. The van der Waals surface area contributed by atoms with Crippen LogP contribution in [0.2, 0.25) is 0 Å². The summed E-state index contributed by atoms with van der Waals surface area (Å²) in [6.45, 7) is 3.91. The number of oxime groups is 1. The molecule has 14 heavy (non-hydrogen) atoms. The molecule has 0 aliphatic rings. The molecule has 0 aromatic carbocycles. The van der Waals surface area contributed by atoms with Crippen LogP contribution in [0.3, 0.4) is 0 Å². The molecule has 0 bridgehead atoms. The first-order valence-corrected chi connectivity index (χ1v) is 4.93. The lowest BCUT2D eigenvalue weighted by Crippen LogP contribution is -2.09. The molecule has 0 saturated heterocycles. The van der Waals surface area contributed by atoms with Crippen molar-refractivity contribution >= 4 is 5.71 Å². The van der Waals surface area contributed by atoms with Crippen LogP contribution in [0.1, 0.15) is 39.5 Å². The van der Waals surface area contributed by atoms with Gasteiger partial charge >= 0.3 is 0 Å². The quantitative estimate of drug-likeness (QED) is 0.389. The molecule has 0 spiro atoms. The molecule has 0 heterocycles. The highest BCUT2D eigenvalue weighted by molar-refractivity contribution is 5.98. The Morgan fingerprint density at radius 3 is 2.57 bits per heavy atom. The van der Waals surface area contributed by atoms with Crippen LogP contribution in [0.25, 0.3) is 0 Å². The van der Waals surface area contributed by atoms with Crippen LogP contribution < -0.4 is 0 Å². The number of rotatable bonds is 6. The number of nitrogens with zero attached hydrogens (tertiary/aromatic N) is 2. The molecule has 0 aromatic heterocycles. The van der Waals surface area contributed by atoms with E-state index in [0.29, 0.717) is 6.42 Å². The minimum atomic E-state index is -0.256. The van der Waals surface area contributed by atoms with Gasteiger partial charge in [0.1, 0.15) is 6.07 Å². The van der Waals surface area contributed by atoms with Gasteiger partial charge in [-0.15, -0.1) is 0 Å². The van der Waals surface area contributed by atoms with Gasteiger partial charge in [-0.3, -0.25) is 0 Å². The van der Waals surface area contributed by atoms with Crippen LogP contribution in [0, 0.1) is 17.2 Å². The fourth-order valence-corrected chi connectivity index (χ4v) is 1.22. The second kappa shape index (κ2) is 7.34. The minimum absolute atomic E-state index is 0.156. The van der Waals surface area contributed by atoms with Gasteiger partial charge in [-0.1, -0.05) is 19.0 Å². The summed E-state index contributed by atoms with van der Waals surface area (Å²) < 4.78 is 0. The zero-order chi connectivity index (χ0) is 11.0. The highest BCUT2D eigenvalue weighted by Gasteiger charge is 2.09. The number of hydrogen-bond donors (Lipinski definition) is 2. The topological polar surface area (TPSA) is 76.6 Å². The van der Waals surface area contributed by atoms with E-state index in [9.17, 15) is 5.11 Å². The first kappa shape index (κ1) is 12.9. The average molecular weight is 198 g/mol. The SMILES string of the molecule is CCC(O)CCC(C)C/C(C#N)=N/O. The standard InChI is InChI=1S/C10H18N2O2/c1-3-10(13)5-4-8(2)6-9(7-11)12-14/h8,10,13-14H,3-6H2,1-2H3/b12-9-. The third kappa shape index (κ3) is 5.55. The molecule has 0 aliphatic heterocycles. The van der Waals surface area contributed by atoms with E-state index < -0.39 is 0 Å². The Hall–Kier alpha value is -1.08. The second-order valence-electron chi connectivity index (χ2n) is 3.61. The predicted molar refractivity (Wildman–Crippen MR) is 54.1 cm³/mol. The highest BCUT2D eigenvalue weighted by atomic mass is 16.4. The van der Waals surface area contributed by atoms with Crippen molar-refractivity contribution in [1.82, 2.24) is 0 Å². The first-order valence-electron chi connectivity index (χ1n) is 4.93. The Kier molecular flexibility index (Phi) is 6.77. The fraction of sp³-hybridized carbons (Fsp3) is 0.800. The maximum absolute atomic E-state index is 9.31. The Balaban J connectivity index is 3.76. The number of nitriles is 1. The molecular formula is C10H18N2O2. The monoisotopic (exact) mass is 198 g/mol. The molecule has 0 radical (unpaired) electrons. The van der Waals surface area contributed by atoms with Gasteiger partial charge in [0.25, 0.3) is 0 Å². The summed E-state index contributed by atoms with van der Waals surface area (Å²) in [5.41, 5.74) is 0.156. The van der Waals surface area contributed by atoms with Gasteiger partial charge < -0.3 is 10.3 Å². The Morgan fingerprint density at radius 2 is 2.14 bits per heavy atom. The van der Waals surface area contributed by atoms with Gasteiger partial charge in [0.15, 0.2) is 5.71 Å². The maximum atomic E-state index is 9.31. The van der Waals surface area contributed by atoms with Gasteiger partial charge in [0.05, 0.1) is 6.10 Å². The summed E-state index contributed by atoms with van der Waals surface area (Å²) in [4.78, 5) is 0. The summed E-state index contributed by atoms with van der Waals surface area (Å²) in [5.74, 6) is 0.266. The lowest BCUT2D eigenvalue weighted by atomic mass is 9.97. The van der Waals surface area contributed by atoms with Crippen molar-refractivity contribution in [1.29, 1.82) is 5.26 Å². The molecule has 0 aromatic rings. The van der Waals surface area contributed by atoms with E-state index >= 15 is 0 Å². The second-order valence-corrected chi connectivity index (χ2v) is 3.61. The van der Waals surface area contributed by atoms with Crippen molar-refractivity contribution in [2.75, 3.05) is 0 Å². The van der Waals surface area contributed by atoms with E-state index in [2.05, 4.69) is 5.16 Å². The lowest BCUT2D eigenvalue weighted by Gasteiger charge is -2.12. The molecule has 4 heteroatoms. The zero-order valence-corrected chi connectivity index (χ0v) is 8.77. The van der Waals surface area contributed by atoms with Crippen LogP contribution in [0.4, 0.5) is 0 Å². The Morgan fingerprint density at radius 1 is 1.50 bits per heavy atom. The third-order valence-corrected chi connectivity index (χ3v) is 2.26. The van der Waals surface area contributed by atoms with Crippen LogP contribution in [-0.4, -0.2) is 22.1 Å². The normalized spacial score (nSPS) is 16.0. The predicted octanol–water partition coefficient (Wildman–Crippen LogP) is 1.92. The molecule has 2 unspecified atom stereocenters. The van der Waals surface area contributed by atoms with Crippen molar-refractivity contribution in [3.05, 3.63) is 0 Å². The summed E-state index contributed by atoms with van der Waals surface area (Å²) in [5, 5.41) is 29.1. The van der Waals surface area contributed by atoms with Crippen LogP contribution in [-0.2, 0) is 0 Å². The molecule has 0 rings (SSSR count). The van der Waals surface area contributed by atoms with Gasteiger partial charge in [0.2, 0.25) is 0 Å². The Bertz CT molecular complexity index is 221. The fourth-order valence-electron chi connectivity index (χ4n) is 1.22. The van der Waals surface area contributed by atoms with Gasteiger partial charge in [-0.05, 0) is 25.2 Å². The van der Waals surface area contributed by atoms with E-state index in [1.807, 2.05) is 19.9 Å². The van der Waals surface area contributed by atoms with Crippen molar-refractivity contribution < 1.29 is 10.3 Å². The summed E-state index contributed by atoms with van der Waals surface area (Å²) in [6.07, 6.45) is 2.56.